The zero-order valence-corrected chi connectivity index (χ0v) is 23.6. The van der Waals surface area contributed by atoms with Gasteiger partial charge in [-0.2, -0.15) is 0 Å². The molecule has 2 aromatic carbocycles. The second kappa shape index (κ2) is 16.8. The third-order valence-electron chi connectivity index (χ3n) is 6.19. The summed E-state index contributed by atoms with van der Waals surface area (Å²) in [6.45, 7) is 10.0. The van der Waals surface area contributed by atoms with Crippen LogP contribution in [0.2, 0.25) is 0 Å². The van der Waals surface area contributed by atoms with Crippen molar-refractivity contribution in [2.75, 3.05) is 26.2 Å². The van der Waals surface area contributed by atoms with E-state index in [9.17, 15) is 18.4 Å². The first-order valence-electron chi connectivity index (χ1n) is 13.9. The molecular weight excluding hydrogens is 500 g/mol. The summed E-state index contributed by atoms with van der Waals surface area (Å²) in [5.74, 6) is -2.12. The number of hydrogen-bond acceptors (Lipinski definition) is 5. The van der Waals surface area contributed by atoms with Crippen LogP contribution in [0, 0.1) is 18.6 Å². The maximum Gasteiger partial charge on any atom is 0.338 e. The highest BCUT2D eigenvalue weighted by atomic mass is 19.1. The molecule has 2 rings (SSSR count). The van der Waals surface area contributed by atoms with E-state index in [1.807, 2.05) is 26.8 Å². The minimum Gasteiger partial charge on any atom is -0.456 e. The van der Waals surface area contributed by atoms with Crippen LogP contribution >= 0.6 is 0 Å². The van der Waals surface area contributed by atoms with Crippen LogP contribution in [0.25, 0.3) is 0 Å². The van der Waals surface area contributed by atoms with Crippen molar-refractivity contribution in [1.82, 2.24) is 10.2 Å². The Morgan fingerprint density at radius 1 is 0.949 bits per heavy atom. The third-order valence-corrected chi connectivity index (χ3v) is 6.19. The number of amides is 1. The van der Waals surface area contributed by atoms with E-state index in [-0.39, 0.29) is 24.4 Å². The largest absolute Gasteiger partial charge is 0.456 e. The van der Waals surface area contributed by atoms with Gasteiger partial charge in [0.15, 0.2) is 0 Å². The van der Waals surface area contributed by atoms with Gasteiger partial charge in [0.25, 0.3) is 5.91 Å². The van der Waals surface area contributed by atoms with Gasteiger partial charge in [-0.05, 0) is 74.1 Å². The predicted molar refractivity (Wildman–Crippen MR) is 152 cm³/mol. The molecule has 0 aliphatic rings. The molecule has 0 aliphatic carbocycles. The SMILES string of the molecule is CCC/C=C/CNC[C@@H](OC(=O)c1cc(C)cc(C(=O)N(CCC)CCC)c1)[C@@H](N)Cc1cc(F)cc(F)c1. The fourth-order valence-corrected chi connectivity index (χ4v) is 4.36. The van der Waals surface area contributed by atoms with Gasteiger partial charge in [0.05, 0.1) is 5.56 Å². The molecule has 2 atom stereocenters. The van der Waals surface area contributed by atoms with E-state index in [1.54, 1.807) is 23.1 Å². The number of ether oxygens (including phenoxy) is 1. The van der Waals surface area contributed by atoms with E-state index in [2.05, 4.69) is 18.3 Å². The normalized spacial score (nSPS) is 12.9. The Hall–Kier alpha value is -3.10. The van der Waals surface area contributed by atoms with Gasteiger partial charge in [0, 0.05) is 43.9 Å². The van der Waals surface area contributed by atoms with Gasteiger partial charge in [-0.1, -0.05) is 39.3 Å². The fraction of sp³-hybridized carbons (Fsp3) is 0.484. The first-order valence-corrected chi connectivity index (χ1v) is 13.9. The van der Waals surface area contributed by atoms with Crippen molar-refractivity contribution in [3.63, 3.8) is 0 Å². The van der Waals surface area contributed by atoms with E-state index in [1.165, 1.54) is 12.1 Å². The molecule has 0 bridgehead atoms. The molecule has 214 valence electrons. The van der Waals surface area contributed by atoms with Crippen LogP contribution in [0.5, 0.6) is 0 Å². The highest BCUT2D eigenvalue weighted by Crippen LogP contribution is 2.17. The molecule has 0 aliphatic heterocycles. The van der Waals surface area contributed by atoms with E-state index < -0.39 is 29.7 Å². The smallest absolute Gasteiger partial charge is 0.338 e. The minimum atomic E-state index is -0.778. The summed E-state index contributed by atoms with van der Waals surface area (Å²) in [4.78, 5) is 28.2. The molecule has 0 aromatic heterocycles. The number of carbonyl (C=O) groups is 2. The number of aryl methyl sites for hydroxylation is 1. The Labute approximate surface area is 231 Å². The predicted octanol–water partition coefficient (Wildman–Crippen LogP) is 5.58. The first-order chi connectivity index (χ1) is 18.7. The summed E-state index contributed by atoms with van der Waals surface area (Å²) in [5.41, 5.74) is 8.23. The molecule has 0 fully saturated rings. The fourth-order valence-electron chi connectivity index (χ4n) is 4.36. The summed E-state index contributed by atoms with van der Waals surface area (Å²) >= 11 is 0. The van der Waals surface area contributed by atoms with Gasteiger partial charge in [-0.15, -0.1) is 0 Å². The summed E-state index contributed by atoms with van der Waals surface area (Å²) in [6.07, 6.45) is 7.07. The second-order valence-corrected chi connectivity index (χ2v) is 9.89. The Morgan fingerprint density at radius 3 is 2.21 bits per heavy atom. The topological polar surface area (TPSA) is 84.7 Å². The number of nitrogens with two attached hydrogens (primary N) is 1. The van der Waals surface area contributed by atoms with Gasteiger partial charge in [0.1, 0.15) is 17.7 Å². The number of rotatable bonds is 16. The molecule has 8 heteroatoms. The number of esters is 1. The van der Waals surface area contributed by atoms with Crippen molar-refractivity contribution in [3.05, 3.63) is 82.4 Å². The molecule has 6 nitrogen and oxygen atoms in total. The Kier molecular flexibility index (Phi) is 13.8. The van der Waals surface area contributed by atoms with E-state index in [0.29, 0.717) is 30.8 Å². The number of nitrogens with zero attached hydrogens (tertiary/aromatic N) is 1. The lowest BCUT2D eigenvalue weighted by Gasteiger charge is -2.25. The summed E-state index contributed by atoms with van der Waals surface area (Å²) in [6, 6.07) is 7.52. The lowest BCUT2D eigenvalue weighted by molar-refractivity contribution is 0.0241. The van der Waals surface area contributed by atoms with Crippen molar-refractivity contribution in [1.29, 1.82) is 0 Å². The van der Waals surface area contributed by atoms with Crippen LogP contribution in [-0.2, 0) is 11.2 Å². The molecule has 0 unspecified atom stereocenters. The molecule has 0 saturated carbocycles. The van der Waals surface area contributed by atoms with Crippen LogP contribution in [0.15, 0.2) is 48.6 Å². The zero-order valence-electron chi connectivity index (χ0n) is 23.6. The number of nitrogens with one attached hydrogen (secondary N) is 1. The van der Waals surface area contributed by atoms with Crippen molar-refractivity contribution < 1.29 is 23.1 Å². The number of benzene rings is 2. The van der Waals surface area contributed by atoms with E-state index in [4.69, 9.17) is 10.5 Å². The quantitative estimate of drug-likeness (QED) is 0.164. The van der Waals surface area contributed by atoms with Crippen molar-refractivity contribution in [2.45, 2.75) is 71.9 Å². The van der Waals surface area contributed by atoms with Gasteiger partial charge in [-0.25, -0.2) is 13.6 Å². The highest BCUT2D eigenvalue weighted by Gasteiger charge is 2.25. The summed E-state index contributed by atoms with van der Waals surface area (Å²) in [5, 5.41) is 3.22. The van der Waals surface area contributed by atoms with Crippen molar-refractivity contribution in [2.24, 2.45) is 5.73 Å². The van der Waals surface area contributed by atoms with Gasteiger partial charge in [-0.3, -0.25) is 4.79 Å². The molecule has 0 radical (unpaired) electrons. The number of carbonyl (C=O) groups excluding carboxylic acids is 2. The zero-order chi connectivity index (χ0) is 28.8. The number of unbranched alkanes of at least 4 members (excludes halogenated alkanes) is 1. The molecular formula is C31H43F2N3O3. The minimum absolute atomic E-state index is 0.112. The molecule has 39 heavy (non-hydrogen) atoms. The highest BCUT2D eigenvalue weighted by molar-refractivity contribution is 5.98. The van der Waals surface area contributed by atoms with Crippen molar-refractivity contribution >= 4 is 11.9 Å². The molecule has 0 spiro atoms. The summed E-state index contributed by atoms with van der Waals surface area (Å²) in [7, 11) is 0. The number of hydrogen-bond donors (Lipinski definition) is 2. The lowest BCUT2D eigenvalue weighted by Crippen LogP contribution is -2.46. The van der Waals surface area contributed by atoms with Crippen LogP contribution in [0.3, 0.4) is 0 Å². The van der Waals surface area contributed by atoms with Crippen LogP contribution in [0.4, 0.5) is 8.78 Å². The Bertz CT molecular complexity index is 1080. The monoisotopic (exact) mass is 543 g/mol. The number of allylic oxidation sites excluding steroid dienone is 1. The van der Waals surface area contributed by atoms with Crippen molar-refractivity contribution in [3.8, 4) is 0 Å². The molecule has 3 N–H and O–H groups in total. The van der Waals surface area contributed by atoms with Gasteiger partial charge >= 0.3 is 5.97 Å². The van der Waals surface area contributed by atoms with Crippen LogP contribution in [-0.4, -0.2) is 55.1 Å². The molecule has 1 amide bonds. The number of halogens is 2. The summed E-state index contributed by atoms with van der Waals surface area (Å²) < 4.78 is 33.3. The Balaban J connectivity index is 2.23. The third kappa shape index (κ3) is 10.9. The maximum absolute atomic E-state index is 13.7. The Morgan fingerprint density at radius 2 is 1.59 bits per heavy atom. The van der Waals surface area contributed by atoms with Gasteiger partial charge in [0.2, 0.25) is 0 Å². The van der Waals surface area contributed by atoms with E-state index >= 15 is 0 Å². The average molecular weight is 544 g/mol. The van der Waals surface area contributed by atoms with E-state index in [0.717, 1.165) is 37.3 Å². The average Bonchev–Trinajstić information content (AvgIpc) is 2.88. The standard InChI is InChI=1S/C31H43F2N3O3/c1-5-8-9-10-11-35-21-29(28(34)18-23-16-26(32)20-27(33)17-23)39-31(38)25-15-22(4)14-24(19-25)30(37)36(12-6-2)13-7-3/h9-10,14-17,19-20,28-29,35H,5-8,11-13,18,21,34H2,1-4H3/b10-9+/t28-,29+/m0/s1. The van der Waals surface area contributed by atoms with Crippen LogP contribution < -0.4 is 11.1 Å². The second-order valence-electron chi connectivity index (χ2n) is 9.89. The molecule has 0 saturated heterocycles. The first kappa shape index (κ1) is 32.1. The maximum atomic E-state index is 13.7. The molecule has 2 aromatic rings. The lowest BCUT2D eigenvalue weighted by atomic mass is 10.0. The van der Waals surface area contributed by atoms with Gasteiger partial charge < -0.3 is 20.7 Å². The molecule has 0 heterocycles. The van der Waals surface area contributed by atoms with Crippen LogP contribution in [0.1, 0.15) is 78.3 Å².